The van der Waals surface area contributed by atoms with Crippen LogP contribution in [0.25, 0.3) is 0 Å². The molecule has 1 aliphatic heterocycles. The number of hydrogen-bond acceptors (Lipinski definition) is 4. The summed E-state index contributed by atoms with van der Waals surface area (Å²) in [5.74, 6) is -1.15. The van der Waals surface area contributed by atoms with Crippen LogP contribution in [0.2, 0.25) is 0 Å². The van der Waals surface area contributed by atoms with E-state index in [2.05, 4.69) is 0 Å². The number of nitro groups is 1. The topological polar surface area (TPSA) is 80.5 Å². The van der Waals surface area contributed by atoms with E-state index in [0.717, 1.165) is 10.5 Å². The fourth-order valence-electron chi connectivity index (χ4n) is 3.21. The third-order valence-corrected chi connectivity index (χ3v) is 4.41. The van der Waals surface area contributed by atoms with Crippen molar-refractivity contribution in [1.82, 2.24) is 0 Å². The first-order valence-corrected chi connectivity index (χ1v) is 7.34. The average Bonchev–Trinajstić information content (AvgIpc) is 2.78. The molecule has 0 spiro atoms. The fraction of sp³-hybridized carbons (Fsp3) is 0.375. The molecule has 1 fully saturated rings. The van der Waals surface area contributed by atoms with Crippen molar-refractivity contribution >= 4 is 23.2 Å². The van der Waals surface area contributed by atoms with Gasteiger partial charge in [-0.3, -0.25) is 19.7 Å². The highest BCUT2D eigenvalue weighted by Crippen LogP contribution is 2.39. The summed E-state index contributed by atoms with van der Waals surface area (Å²) in [6.45, 7) is 1.89. The van der Waals surface area contributed by atoms with Crippen LogP contribution in [-0.2, 0) is 16.0 Å². The Morgan fingerprint density at radius 2 is 1.77 bits per heavy atom. The van der Waals surface area contributed by atoms with Crippen LogP contribution < -0.4 is 4.90 Å². The number of benzene rings is 1. The van der Waals surface area contributed by atoms with Gasteiger partial charge in [0.1, 0.15) is 0 Å². The normalized spacial score (nSPS) is 23.8. The number of rotatable bonds is 3. The zero-order valence-corrected chi connectivity index (χ0v) is 12.2. The molecule has 0 unspecified atom stereocenters. The maximum absolute atomic E-state index is 12.6. The number of aryl methyl sites for hydroxylation is 1. The standard InChI is InChI=1S/C16H16N2O4/c1-2-10-7-8-11(18(21)22)9-14(10)17-15(19)12-5-3-4-6-13(12)16(17)20/h3-4,7-9,12-13H,2,5-6H2,1H3/t12-,13+. The van der Waals surface area contributed by atoms with Crippen molar-refractivity contribution in [2.24, 2.45) is 11.8 Å². The third-order valence-electron chi connectivity index (χ3n) is 4.41. The van der Waals surface area contributed by atoms with Gasteiger partial charge in [-0.15, -0.1) is 0 Å². The van der Waals surface area contributed by atoms with Gasteiger partial charge in [-0.1, -0.05) is 25.1 Å². The summed E-state index contributed by atoms with van der Waals surface area (Å²) in [5.41, 5.74) is 1.01. The molecule has 0 N–H and O–H groups in total. The Labute approximate surface area is 127 Å². The lowest BCUT2D eigenvalue weighted by Crippen LogP contribution is -2.31. The minimum atomic E-state index is -0.511. The molecule has 1 aromatic rings. The lowest BCUT2D eigenvalue weighted by Gasteiger charge is -2.18. The van der Waals surface area contributed by atoms with Crippen LogP contribution in [0, 0.1) is 22.0 Å². The van der Waals surface area contributed by atoms with Gasteiger partial charge in [-0.25, -0.2) is 4.90 Å². The molecule has 3 rings (SSSR count). The van der Waals surface area contributed by atoms with Crippen molar-refractivity contribution in [3.05, 3.63) is 46.0 Å². The molecule has 1 heterocycles. The molecular weight excluding hydrogens is 284 g/mol. The Morgan fingerprint density at radius 3 is 2.27 bits per heavy atom. The van der Waals surface area contributed by atoms with Crippen LogP contribution in [0.15, 0.2) is 30.4 Å². The van der Waals surface area contributed by atoms with Crippen LogP contribution >= 0.6 is 0 Å². The maximum atomic E-state index is 12.6. The zero-order valence-electron chi connectivity index (χ0n) is 12.2. The van der Waals surface area contributed by atoms with E-state index in [1.54, 1.807) is 6.07 Å². The SMILES string of the molecule is CCc1ccc([N+](=O)[O-])cc1N1C(=O)[C@H]2CC=CC[C@H]2C1=O. The number of nitrogens with zero attached hydrogens (tertiary/aromatic N) is 2. The van der Waals surface area contributed by atoms with Gasteiger partial charge in [0.15, 0.2) is 0 Å². The van der Waals surface area contributed by atoms with E-state index in [9.17, 15) is 19.7 Å². The van der Waals surface area contributed by atoms with Crippen LogP contribution in [0.1, 0.15) is 25.3 Å². The molecule has 6 heteroatoms. The number of imide groups is 1. The maximum Gasteiger partial charge on any atom is 0.271 e. The predicted octanol–water partition coefficient (Wildman–Crippen LogP) is 2.61. The van der Waals surface area contributed by atoms with Crippen molar-refractivity contribution < 1.29 is 14.5 Å². The molecular formula is C16H16N2O4. The molecule has 1 aliphatic carbocycles. The molecule has 1 saturated heterocycles. The third kappa shape index (κ3) is 2.11. The van der Waals surface area contributed by atoms with E-state index in [4.69, 9.17) is 0 Å². The van der Waals surface area contributed by atoms with Gasteiger partial charge in [0.2, 0.25) is 11.8 Å². The van der Waals surface area contributed by atoms with E-state index in [0.29, 0.717) is 24.9 Å². The number of non-ortho nitro benzene ring substituents is 1. The number of fused-ring (bicyclic) bond motifs is 1. The molecule has 1 aromatic carbocycles. The largest absolute Gasteiger partial charge is 0.274 e. The lowest BCUT2D eigenvalue weighted by atomic mass is 9.85. The Hall–Kier alpha value is -2.50. The van der Waals surface area contributed by atoms with Gasteiger partial charge >= 0.3 is 0 Å². The monoisotopic (exact) mass is 300 g/mol. The number of amides is 2. The number of nitro benzene ring substituents is 1. The highest BCUT2D eigenvalue weighted by atomic mass is 16.6. The number of allylic oxidation sites excluding steroid dienone is 2. The number of carbonyl (C=O) groups is 2. The van der Waals surface area contributed by atoms with Gasteiger partial charge < -0.3 is 0 Å². The van der Waals surface area contributed by atoms with Gasteiger partial charge in [0, 0.05) is 12.1 Å². The van der Waals surface area contributed by atoms with Crippen molar-refractivity contribution in [2.75, 3.05) is 4.90 Å². The highest BCUT2D eigenvalue weighted by molar-refractivity contribution is 6.22. The highest BCUT2D eigenvalue weighted by Gasteiger charge is 2.48. The predicted molar refractivity (Wildman–Crippen MR) is 80.3 cm³/mol. The van der Waals surface area contributed by atoms with Gasteiger partial charge in [-0.05, 0) is 24.8 Å². The van der Waals surface area contributed by atoms with Gasteiger partial charge in [0.05, 0.1) is 22.4 Å². The summed E-state index contributed by atoms with van der Waals surface area (Å²) in [6, 6.07) is 4.36. The second-order valence-corrected chi connectivity index (χ2v) is 5.59. The van der Waals surface area contributed by atoms with Crippen molar-refractivity contribution in [2.45, 2.75) is 26.2 Å². The molecule has 0 bridgehead atoms. The first kappa shape index (κ1) is 14.4. The van der Waals surface area contributed by atoms with E-state index >= 15 is 0 Å². The van der Waals surface area contributed by atoms with Gasteiger partial charge in [0.25, 0.3) is 5.69 Å². The van der Waals surface area contributed by atoms with E-state index in [-0.39, 0.29) is 29.3 Å². The summed E-state index contributed by atoms with van der Waals surface area (Å²) < 4.78 is 0. The quantitative estimate of drug-likeness (QED) is 0.372. The Morgan fingerprint density at radius 1 is 1.18 bits per heavy atom. The van der Waals surface area contributed by atoms with Crippen molar-refractivity contribution in [3.63, 3.8) is 0 Å². The average molecular weight is 300 g/mol. The molecule has 2 atom stereocenters. The Bertz CT molecular complexity index is 669. The van der Waals surface area contributed by atoms with Crippen LogP contribution in [0.3, 0.4) is 0 Å². The number of hydrogen-bond donors (Lipinski definition) is 0. The molecule has 0 radical (unpaired) electrons. The first-order valence-electron chi connectivity index (χ1n) is 7.34. The molecule has 22 heavy (non-hydrogen) atoms. The fourth-order valence-corrected chi connectivity index (χ4v) is 3.21. The minimum Gasteiger partial charge on any atom is -0.274 e. The van der Waals surface area contributed by atoms with Gasteiger partial charge in [-0.2, -0.15) is 0 Å². The van der Waals surface area contributed by atoms with Crippen LogP contribution in [-0.4, -0.2) is 16.7 Å². The van der Waals surface area contributed by atoms with E-state index in [1.165, 1.54) is 12.1 Å². The Kier molecular flexibility index (Phi) is 3.52. The van der Waals surface area contributed by atoms with Crippen LogP contribution in [0.4, 0.5) is 11.4 Å². The first-order chi connectivity index (χ1) is 10.5. The lowest BCUT2D eigenvalue weighted by molar-refractivity contribution is -0.384. The second kappa shape index (κ2) is 5.36. The van der Waals surface area contributed by atoms with Crippen LogP contribution in [0.5, 0.6) is 0 Å². The van der Waals surface area contributed by atoms with Crippen molar-refractivity contribution in [3.8, 4) is 0 Å². The summed E-state index contributed by atoms with van der Waals surface area (Å²) in [7, 11) is 0. The zero-order chi connectivity index (χ0) is 15.9. The summed E-state index contributed by atoms with van der Waals surface area (Å²) >= 11 is 0. The molecule has 2 amide bonds. The minimum absolute atomic E-state index is 0.110. The Balaban J connectivity index is 2.07. The number of carbonyl (C=O) groups excluding carboxylic acids is 2. The van der Waals surface area contributed by atoms with Crippen molar-refractivity contribution in [1.29, 1.82) is 0 Å². The summed E-state index contributed by atoms with van der Waals surface area (Å²) in [5, 5.41) is 11.0. The molecule has 114 valence electrons. The second-order valence-electron chi connectivity index (χ2n) is 5.59. The summed E-state index contributed by atoms with van der Waals surface area (Å²) in [6.07, 6.45) is 5.55. The molecule has 0 aromatic heterocycles. The number of anilines is 1. The van der Waals surface area contributed by atoms with E-state index in [1.807, 2.05) is 19.1 Å². The summed E-state index contributed by atoms with van der Waals surface area (Å²) in [4.78, 5) is 36.8. The molecule has 6 nitrogen and oxygen atoms in total. The molecule has 2 aliphatic rings. The smallest absolute Gasteiger partial charge is 0.271 e. The molecule has 0 saturated carbocycles. The van der Waals surface area contributed by atoms with E-state index < -0.39 is 4.92 Å².